The Morgan fingerprint density at radius 1 is 1.25 bits per heavy atom. The first kappa shape index (κ1) is 12.3. The Kier molecular flexibility index (Phi) is 3.38. The van der Waals surface area contributed by atoms with Crippen molar-refractivity contribution in [3.05, 3.63) is 48.4 Å². The second kappa shape index (κ2) is 5.49. The van der Waals surface area contributed by atoms with E-state index in [1.165, 1.54) is 17.7 Å². The summed E-state index contributed by atoms with van der Waals surface area (Å²) in [4.78, 5) is 19.9. The number of amides is 2. The quantitative estimate of drug-likeness (QED) is 0.774. The molecule has 3 rings (SSSR count). The van der Waals surface area contributed by atoms with Gasteiger partial charge in [0, 0.05) is 18.5 Å². The van der Waals surface area contributed by atoms with Crippen LogP contribution in [0.15, 0.2) is 48.4 Å². The van der Waals surface area contributed by atoms with Gasteiger partial charge >= 0.3 is 6.03 Å². The summed E-state index contributed by atoms with van der Waals surface area (Å²) in [6.07, 6.45) is 4.79. The Balaban J connectivity index is 1.71. The number of thiophene rings is 1. The summed E-state index contributed by atoms with van der Waals surface area (Å²) in [7, 11) is 0. The molecule has 7 nitrogen and oxygen atoms in total. The normalized spacial score (nSPS) is 10.2. The van der Waals surface area contributed by atoms with E-state index in [0.717, 1.165) is 5.00 Å². The highest BCUT2D eigenvalue weighted by molar-refractivity contribution is 7.14. The van der Waals surface area contributed by atoms with Crippen molar-refractivity contribution in [1.82, 2.24) is 19.7 Å². The first-order valence-corrected chi connectivity index (χ1v) is 6.63. The van der Waals surface area contributed by atoms with Gasteiger partial charge < -0.3 is 0 Å². The molecule has 2 amide bonds. The van der Waals surface area contributed by atoms with E-state index in [4.69, 9.17) is 0 Å². The summed E-state index contributed by atoms with van der Waals surface area (Å²) in [6, 6.07) is 6.76. The SMILES string of the molecule is O=C(Nc1cc(-n2cccn2)ncn1)Nc1cccs1. The Labute approximate surface area is 118 Å². The first-order valence-electron chi connectivity index (χ1n) is 5.75. The zero-order valence-corrected chi connectivity index (χ0v) is 11.0. The Morgan fingerprint density at radius 2 is 2.20 bits per heavy atom. The van der Waals surface area contributed by atoms with E-state index in [9.17, 15) is 4.79 Å². The number of hydrogen-bond acceptors (Lipinski definition) is 5. The van der Waals surface area contributed by atoms with Crippen LogP contribution in [0.1, 0.15) is 0 Å². The lowest BCUT2D eigenvalue weighted by Gasteiger charge is -2.06. The van der Waals surface area contributed by atoms with Crippen LogP contribution in [0.5, 0.6) is 0 Å². The Hall–Kier alpha value is -2.74. The molecule has 0 atom stereocenters. The van der Waals surface area contributed by atoms with Crippen LogP contribution in [0.3, 0.4) is 0 Å². The largest absolute Gasteiger partial charge is 0.325 e. The number of urea groups is 1. The van der Waals surface area contributed by atoms with Crippen molar-refractivity contribution in [2.24, 2.45) is 0 Å². The minimum atomic E-state index is -0.349. The average molecular weight is 286 g/mol. The highest BCUT2D eigenvalue weighted by atomic mass is 32.1. The fourth-order valence-electron chi connectivity index (χ4n) is 1.55. The molecule has 0 radical (unpaired) electrons. The maximum Gasteiger partial charge on any atom is 0.325 e. The van der Waals surface area contributed by atoms with Gasteiger partial charge in [0.05, 0.1) is 5.00 Å². The predicted octanol–water partition coefficient (Wildman–Crippen LogP) is 2.37. The summed E-state index contributed by atoms with van der Waals surface area (Å²) >= 11 is 1.44. The van der Waals surface area contributed by atoms with Crippen molar-refractivity contribution in [1.29, 1.82) is 0 Å². The zero-order valence-electron chi connectivity index (χ0n) is 10.2. The molecule has 0 fully saturated rings. The van der Waals surface area contributed by atoms with Crippen molar-refractivity contribution in [3.63, 3.8) is 0 Å². The van der Waals surface area contributed by atoms with Crippen LogP contribution < -0.4 is 10.6 Å². The molecule has 0 unspecified atom stereocenters. The fraction of sp³-hybridized carbons (Fsp3) is 0. The molecular weight excluding hydrogens is 276 g/mol. The maximum absolute atomic E-state index is 11.8. The van der Waals surface area contributed by atoms with Crippen LogP contribution in [0.25, 0.3) is 5.82 Å². The minimum Gasteiger partial charge on any atom is -0.299 e. The highest BCUT2D eigenvalue weighted by Gasteiger charge is 2.06. The molecule has 20 heavy (non-hydrogen) atoms. The van der Waals surface area contributed by atoms with Crippen molar-refractivity contribution < 1.29 is 4.79 Å². The Morgan fingerprint density at radius 3 is 2.95 bits per heavy atom. The molecule has 0 saturated carbocycles. The van der Waals surface area contributed by atoms with Gasteiger partial charge in [0.15, 0.2) is 5.82 Å². The van der Waals surface area contributed by atoms with E-state index in [1.54, 1.807) is 29.2 Å². The summed E-state index contributed by atoms with van der Waals surface area (Å²) in [5.41, 5.74) is 0. The molecule has 0 aliphatic carbocycles. The minimum absolute atomic E-state index is 0.349. The van der Waals surface area contributed by atoms with Crippen molar-refractivity contribution in [2.45, 2.75) is 0 Å². The number of carbonyl (C=O) groups is 1. The lowest BCUT2D eigenvalue weighted by molar-refractivity contribution is 0.262. The lowest BCUT2D eigenvalue weighted by Crippen LogP contribution is -2.19. The van der Waals surface area contributed by atoms with Gasteiger partial charge in [-0.1, -0.05) is 0 Å². The van der Waals surface area contributed by atoms with Crippen LogP contribution >= 0.6 is 11.3 Å². The smallest absolute Gasteiger partial charge is 0.299 e. The predicted molar refractivity (Wildman–Crippen MR) is 76.1 cm³/mol. The van der Waals surface area contributed by atoms with Gasteiger partial charge in [-0.25, -0.2) is 19.4 Å². The molecule has 8 heteroatoms. The van der Waals surface area contributed by atoms with E-state index in [-0.39, 0.29) is 6.03 Å². The van der Waals surface area contributed by atoms with E-state index < -0.39 is 0 Å². The summed E-state index contributed by atoms with van der Waals surface area (Å²) < 4.78 is 1.59. The summed E-state index contributed by atoms with van der Waals surface area (Å²) in [5, 5.41) is 12.1. The standard InChI is InChI=1S/C12H10N6OS/c19-12(17-11-3-1-6-20-11)16-9-7-10(14-8-13-9)18-5-2-4-15-18/h1-8H,(H2,13,14,16,17,19). The molecule has 2 N–H and O–H groups in total. The molecule has 0 aromatic carbocycles. The maximum atomic E-state index is 11.8. The molecule has 0 spiro atoms. The third-order valence-electron chi connectivity index (χ3n) is 2.39. The van der Waals surface area contributed by atoms with Gasteiger partial charge in [-0.2, -0.15) is 5.10 Å². The van der Waals surface area contributed by atoms with Gasteiger partial charge in [0.1, 0.15) is 12.1 Å². The van der Waals surface area contributed by atoms with E-state index in [0.29, 0.717) is 11.6 Å². The second-order valence-corrected chi connectivity index (χ2v) is 4.72. The molecule has 0 aliphatic heterocycles. The number of nitrogens with one attached hydrogen (secondary N) is 2. The average Bonchev–Trinajstić information content (AvgIpc) is 3.11. The van der Waals surface area contributed by atoms with Gasteiger partial charge in [-0.3, -0.25) is 10.6 Å². The molecule has 3 aromatic heterocycles. The van der Waals surface area contributed by atoms with Gasteiger partial charge in [-0.15, -0.1) is 11.3 Å². The van der Waals surface area contributed by atoms with Crippen molar-refractivity contribution in [3.8, 4) is 5.82 Å². The van der Waals surface area contributed by atoms with Crippen LogP contribution in [0.4, 0.5) is 15.6 Å². The number of rotatable bonds is 3. The zero-order chi connectivity index (χ0) is 13.8. The van der Waals surface area contributed by atoms with Crippen LogP contribution in [-0.4, -0.2) is 25.8 Å². The van der Waals surface area contributed by atoms with Gasteiger partial charge in [0.25, 0.3) is 0 Å². The van der Waals surface area contributed by atoms with Crippen molar-refractivity contribution in [2.75, 3.05) is 10.6 Å². The van der Waals surface area contributed by atoms with Crippen molar-refractivity contribution >= 4 is 28.2 Å². The lowest BCUT2D eigenvalue weighted by atomic mass is 10.5. The van der Waals surface area contributed by atoms with Gasteiger partial charge in [0.2, 0.25) is 0 Å². The molecule has 0 aliphatic rings. The third-order valence-corrected chi connectivity index (χ3v) is 3.18. The fourth-order valence-corrected chi connectivity index (χ4v) is 2.17. The summed E-state index contributed by atoms with van der Waals surface area (Å²) in [6.45, 7) is 0. The second-order valence-electron chi connectivity index (χ2n) is 3.77. The van der Waals surface area contributed by atoms with E-state index in [1.807, 2.05) is 17.5 Å². The topological polar surface area (TPSA) is 84.7 Å². The van der Waals surface area contributed by atoms with Crippen LogP contribution in [-0.2, 0) is 0 Å². The molecule has 0 saturated heterocycles. The molecule has 0 bridgehead atoms. The third kappa shape index (κ3) is 2.81. The van der Waals surface area contributed by atoms with Crippen LogP contribution in [0, 0.1) is 0 Å². The Bertz CT molecular complexity index is 695. The molecule has 3 aromatic rings. The number of nitrogens with zero attached hydrogens (tertiary/aromatic N) is 4. The van der Waals surface area contributed by atoms with Crippen LogP contribution in [0.2, 0.25) is 0 Å². The monoisotopic (exact) mass is 286 g/mol. The highest BCUT2D eigenvalue weighted by Crippen LogP contribution is 2.15. The molecular formula is C12H10N6OS. The first-order chi connectivity index (χ1) is 9.81. The number of anilines is 2. The molecule has 3 heterocycles. The number of aromatic nitrogens is 4. The number of carbonyl (C=O) groups excluding carboxylic acids is 1. The van der Waals surface area contributed by atoms with Gasteiger partial charge in [-0.05, 0) is 23.6 Å². The van der Waals surface area contributed by atoms with E-state index in [2.05, 4.69) is 25.7 Å². The van der Waals surface area contributed by atoms with E-state index >= 15 is 0 Å². The molecule has 100 valence electrons. The number of hydrogen-bond donors (Lipinski definition) is 2. The summed E-state index contributed by atoms with van der Waals surface area (Å²) in [5.74, 6) is 0.982.